The molecule has 2 amide bonds. The fourth-order valence-electron chi connectivity index (χ4n) is 4.05. The van der Waals surface area contributed by atoms with Crippen molar-refractivity contribution in [2.75, 3.05) is 20.3 Å². The van der Waals surface area contributed by atoms with E-state index in [1.807, 2.05) is 42.5 Å². The zero-order valence-electron chi connectivity index (χ0n) is 20.0. The summed E-state index contributed by atoms with van der Waals surface area (Å²) in [6, 6.07) is 16.8. The maximum atomic E-state index is 12.3. The van der Waals surface area contributed by atoms with Crippen LogP contribution in [0.5, 0.6) is 11.5 Å². The summed E-state index contributed by atoms with van der Waals surface area (Å²) in [4.78, 5) is 36.9. The second-order valence-electron chi connectivity index (χ2n) is 8.39. The molecule has 9 nitrogen and oxygen atoms in total. The van der Waals surface area contributed by atoms with Crippen LogP contribution in [0.1, 0.15) is 21.6 Å². The van der Waals surface area contributed by atoms with Crippen LogP contribution in [0.4, 0.5) is 0 Å². The lowest BCUT2D eigenvalue weighted by molar-refractivity contribution is -0.123. The fraction of sp³-hybridized carbons (Fsp3) is 0.185. The third-order valence-electron chi connectivity index (χ3n) is 5.90. The highest BCUT2D eigenvalue weighted by Crippen LogP contribution is 2.39. The predicted molar refractivity (Wildman–Crippen MR) is 141 cm³/mol. The highest BCUT2D eigenvalue weighted by Gasteiger charge is 2.21. The summed E-state index contributed by atoms with van der Waals surface area (Å²) in [6.07, 6.45) is 2.41. The smallest absolute Gasteiger partial charge is 0.258 e. The van der Waals surface area contributed by atoms with Crippen molar-refractivity contribution in [2.24, 2.45) is 0 Å². The average Bonchev–Trinajstić information content (AvgIpc) is 3.37. The van der Waals surface area contributed by atoms with Gasteiger partial charge in [0.15, 0.2) is 23.9 Å². The molecule has 1 aliphatic rings. The first kappa shape index (κ1) is 24.5. The Balaban J connectivity index is 1.32. The third-order valence-corrected chi connectivity index (χ3v) is 6.49. The molecular formula is C27H24BrN5O4. The molecule has 4 aromatic rings. The van der Waals surface area contributed by atoms with Gasteiger partial charge in [-0.3, -0.25) is 9.59 Å². The van der Waals surface area contributed by atoms with Gasteiger partial charge in [-0.2, -0.15) is 0 Å². The number of aromatic amines is 1. The number of amides is 2. The van der Waals surface area contributed by atoms with E-state index in [4.69, 9.17) is 14.5 Å². The number of carbonyl (C=O) groups excluding carboxylic acids is 2. The van der Waals surface area contributed by atoms with E-state index in [9.17, 15) is 9.59 Å². The number of nitrogens with zero attached hydrogens (tertiary/aromatic N) is 2. The van der Waals surface area contributed by atoms with Crippen molar-refractivity contribution in [3.63, 3.8) is 0 Å². The standard InChI is InChI=1S/C27H24BrN5O4/c1-36-23-12-17(11-19(28)25(23)37-15-24(34)31-14-16-5-3-2-4-6-16)26-29-9-8-21(33-26)22-13-18-20(32-22)7-10-30-27(18)35/h2-6,8-9,11-13,32H,7,10,14-15H2,1H3,(H,30,35)(H,31,34). The van der Waals surface area contributed by atoms with Crippen LogP contribution >= 0.6 is 15.9 Å². The van der Waals surface area contributed by atoms with Gasteiger partial charge in [-0.25, -0.2) is 9.97 Å². The molecule has 188 valence electrons. The van der Waals surface area contributed by atoms with Gasteiger partial charge in [0.2, 0.25) is 0 Å². The zero-order valence-corrected chi connectivity index (χ0v) is 21.6. The van der Waals surface area contributed by atoms with Gasteiger partial charge in [-0.15, -0.1) is 0 Å². The predicted octanol–water partition coefficient (Wildman–Crippen LogP) is 3.89. The van der Waals surface area contributed by atoms with E-state index in [0.29, 0.717) is 51.7 Å². The largest absolute Gasteiger partial charge is 0.493 e. The SMILES string of the molecule is COc1cc(-c2nccc(-c3cc4c([nH]3)CCNC4=O)n2)cc(Br)c1OCC(=O)NCc1ccccc1. The van der Waals surface area contributed by atoms with E-state index in [1.165, 1.54) is 7.11 Å². The van der Waals surface area contributed by atoms with Crippen LogP contribution in [0.3, 0.4) is 0 Å². The third kappa shape index (κ3) is 5.49. The fourth-order valence-corrected chi connectivity index (χ4v) is 4.61. The lowest BCUT2D eigenvalue weighted by atomic mass is 10.1. The number of carbonyl (C=O) groups is 2. The van der Waals surface area contributed by atoms with Crippen molar-refractivity contribution < 1.29 is 19.1 Å². The van der Waals surface area contributed by atoms with E-state index in [0.717, 1.165) is 23.4 Å². The highest BCUT2D eigenvalue weighted by atomic mass is 79.9. The van der Waals surface area contributed by atoms with E-state index >= 15 is 0 Å². The molecule has 0 unspecified atom stereocenters. The normalized spacial score (nSPS) is 12.4. The van der Waals surface area contributed by atoms with Gasteiger partial charge in [-0.1, -0.05) is 30.3 Å². The Bertz CT molecular complexity index is 1450. The number of H-pyrrole nitrogens is 1. The number of benzene rings is 2. The maximum absolute atomic E-state index is 12.3. The Morgan fingerprint density at radius 3 is 2.78 bits per heavy atom. The summed E-state index contributed by atoms with van der Waals surface area (Å²) in [5.74, 6) is 0.971. The first-order chi connectivity index (χ1) is 18.0. The van der Waals surface area contributed by atoms with Gasteiger partial charge >= 0.3 is 0 Å². The molecule has 0 bridgehead atoms. The molecule has 0 fully saturated rings. The number of fused-ring (bicyclic) bond motifs is 1. The molecule has 3 heterocycles. The Kier molecular flexibility index (Phi) is 7.18. The number of aromatic nitrogens is 3. The van der Waals surface area contributed by atoms with Crippen molar-refractivity contribution in [1.29, 1.82) is 0 Å². The maximum Gasteiger partial charge on any atom is 0.258 e. The lowest BCUT2D eigenvalue weighted by Gasteiger charge is -2.14. The van der Waals surface area contributed by atoms with Crippen LogP contribution in [0.25, 0.3) is 22.8 Å². The highest BCUT2D eigenvalue weighted by molar-refractivity contribution is 9.10. The summed E-state index contributed by atoms with van der Waals surface area (Å²) < 4.78 is 11.9. The molecular weight excluding hydrogens is 538 g/mol. The molecule has 0 saturated carbocycles. The van der Waals surface area contributed by atoms with Gasteiger partial charge in [0.25, 0.3) is 11.8 Å². The molecule has 5 rings (SSSR count). The van der Waals surface area contributed by atoms with Crippen LogP contribution in [-0.2, 0) is 17.8 Å². The van der Waals surface area contributed by atoms with E-state index in [2.05, 4.69) is 36.5 Å². The van der Waals surface area contributed by atoms with Gasteiger partial charge in [0.05, 0.1) is 28.5 Å². The van der Waals surface area contributed by atoms with Crippen molar-refractivity contribution in [3.05, 3.63) is 82.1 Å². The van der Waals surface area contributed by atoms with Gasteiger partial charge in [-0.05, 0) is 45.8 Å². The minimum atomic E-state index is -0.250. The summed E-state index contributed by atoms with van der Waals surface area (Å²) in [5.41, 5.74) is 4.65. The number of halogens is 1. The molecule has 2 aromatic carbocycles. The number of hydrogen-bond acceptors (Lipinski definition) is 6. The first-order valence-corrected chi connectivity index (χ1v) is 12.5. The average molecular weight is 562 g/mol. The second kappa shape index (κ2) is 10.8. The van der Waals surface area contributed by atoms with E-state index in [-0.39, 0.29) is 18.4 Å². The summed E-state index contributed by atoms with van der Waals surface area (Å²) in [5, 5.41) is 5.69. The lowest BCUT2D eigenvalue weighted by Crippen LogP contribution is -2.31. The second-order valence-corrected chi connectivity index (χ2v) is 9.24. The Hall–Kier alpha value is -4.18. The van der Waals surface area contributed by atoms with Crippen LogP contribution in [0.2, 0.25) is 0 Å². The van der Waals surface area contributed by atoms with Crippen molar-refractivity contribution in [2.45, 2.75) is 13.0 Å². The van der Waals surface area contributed by atoms with Crippen LogP contribution in [0, 0.1) is 0 Å². The van der Waals surface area contributed by atoms with Crippen molar-refractivity contribution in [1.82, 2.24) is 25.6 Å². The molecule has 1 aliphatic heterocycles. The van der Waals surface area contributed by atoms with Crippen molar-refractivity contribution in [3.8, 4) is 34.3 Å². The Labute approximate surface area is 221 Å². The summed E-state index contributed by atoms with van der Waals surface area (Å²) in [7, 11) is 1.53. The molecule has 10 heteroatoms. The molecule has 37 heavy (non-hydrogen) atoms. The minimum Gasteiger partial charge on any atom is -0.493 e. The number of methoxy groups -OCH3 is 1. The number of ether oxygens (including phenoxy) is 2. The van der Waals surface area contributed by atoms with Crippen LogP contribution < -0.4 is 20.1 Å². The Morgan fingerprint density at radius 2 is 2.00 bits per heavy atom. The molecule has 0 aliphatic carbocycles. The van der Waals surface area contributed by atoms with E-state index in [1.54, 1.807) is 18.3 Å². The zero-order chi connectivity index (χ0) is 25.8. The number of hydrogen-bond donors (Lipinski definition) is 3. The van der Waals surface area contributed by atoms with Gasteiger partial charge in [0.1, 0.15) is 0 Å². The summed E-state index contributed by atoms with van der Waals surface area (Å²) >= 11 is 3.53. The van der Waals surface area contributed by atoms with Crippen LogP contribution in [0.15, 0.2) is 65.3 Å². The van der Waals surface area contributed by atoms with Gasteiger partial charge in [0, 0.05) is 37.0 Å². The molecule has 0 radical (unpaired) electrons. The van der Waals surface area contributed by atoms with E-state index < -0.39 is 0 Å². The molecule has 0 spiro atoms. The minimum absolute atomic E-state index is 0.0870. The monoisotopic (exact) mass is 561 g/mol. The molecule has 3 N–H and O–H groups in total. The Morgan fingerprint density at radius 1 is 1.16 bits per heavy atom. The topological polar surface area (TPSA) is 118 Å². The number of rotatable bonds is 8. The molecule has 0 atom stereocenters. The number of nitrogens with one attached hydrogen (secondary N) is 3. The van der Waals surface area contributed by atoms with Crippen molar-refractivity contribution >= 4 is 27.7 Å². The van der Waals surface area contributed by atoms with Gasteiger partial charge < -0.3 is 25.1 Å². The first-order valence-electron chi connectivity index (χ1n) is 11.7. The molecule has 0 saturated heterocycles. The quantitative estimate of drug-likeness (QED) is 0.300. The summed E-state index contributed by atoms with van der Waals surface area (Å²) in [6.45, 7) is 0.859. The molecule has 2 aromatic heterocycles. The van der Waals surface area contributed by atoms with Crippen LogP contribution in [-0.4, -0.2) is 47.0 Å².